The number of carboxylic acids is 1. The molecule has 1 saturated heterocycles. The molecule has 3 heterocycles. The number of aromatic nitrogens is 2. The number of rotatable bonds is 7. The largest absolute Gasteiger partial charge is 0.477 e. The summed E-state index contributed by atoms with van der Waals surface area (Å²) in [6.45, 7) is 2.07. The summed E-state index contributed by atoms with van der Waals surface area (Å²) in [5, 5.41) is 18.9. The fraction of sp³-hybridized carbons (Fsp3) is 0.438. The van der Waals surface area contributed by atoms with E-state index in [4.69, 9.17) is 4.74 Å². The van der Waals surface area contributed by atoms with Crippen LogP contribution in [0.4, 0.5) is 0 Å². The number of aliphatic carboxylic acids is 1. The van der Waals surface area contributed by atoms with Crippen molar-refractivity contribution in [1.29, 1.82) is 0 Å². The Kier molecular flexibility index (Phi) is 5.71. The van der Waals surface area contributed by atoms with E-state index in [1.54, 1.807) is 0 Å². The first-order valence-electron chi connectivity index (χ1n) is 8.29. The van der Waals surface area contributed by atoms with Crippen LogP contribution in [0, 0.1) is 0 Å². The van der Waals surface area contributed by atoms with Gasteiger partial charge in [0.05, 0.1) is 6.42 Å². The summed E-state index contributed by atoms with van der Waals surface area (Å²) in [6.07, 6.45) is -0.163. The number of Topliss-reactive ketones (excluding diaryl/α,β-unsaturated/α-hetero) is 1. The second-order valence-electron chi connectivity index (χ2n) is 6.30. The van der Waals surface area contributed by atoms with Gasteiger partial charge in [-0.25, -0.2) is 4.79 Å². The monoisotopic (exact) mass is 440 g/mol. The van der Waals surface area contributed by atoms with Gasteiger partial charge in [0, 0.05) is 18.2 Å². The summed E-state index contributed by atoms with van der Waals surface area (Å²) < 4.78 is 4.87. The van der Waals surface area contributed by atoms with Gasteiger partial charge < -0.3 is 15.2 Å². The lowest BCUT2D eigenvalue weighted by Gasteiger charge is -2.55. The highest BCUT2D eigenvalue weighted by Crippen LogP contribution is 2.46. The van der Waals surface area contributed by atoms with Gasteiger partial charge in [-0.15, -0.1) is 33.3 Å². The van der Waals surface area contributed by atoms with Crippen LogP contribution in [0.25, 0.3) is 0 Å². The molecule has 0 bridgehead atoms. The highest BCUT2D eigenvalue weighted by Gasteiger charge is 2.68. The van der Waals surface area contributed by atoms with Crippen LogP contribution in [-0.2, 0) is 35.1 Å². The van der Waals surface area contributed by atoms with E-state index in [1.165, 1.54) is 19.4 Å². The maximum atomic E-state index is 12.9. The number of esters is 1. The number of ketones is 1. The Bertz CT molecular complexity index is 930. The Labute approximate surface area is 172 Å². The van der Waals surface area contributed by atoms with E-state index < -0.39 is 40.4 Å². The number of nitrogens with one attached hydrogen (secondary N) is 1. The number of carbonyl (C=O) groups excluding carboxylic acids is 4. The SMILES string of the molecule is CC(=O)OCC1=C(C(=O)O)N2C(=O)[C@@](NC(=O)Cc3nncs3)(C(C)=O)[C@H]2SC1. The molecule has 29 heavy (non-hydrogen) atoms. The predicted octanol–water partition coefficient (Wildman–Crippen LogP) is -0.658. The van der Waals surface area contributed by atoms with E-state index in [1.807, 2.05) is 0 Å². The summed E-state index contributed by atoms with van der Waals surface area (Å²) in [5.74, 6) is -3.91. The molecule has 2 N–H and O–H groups in total. The third kappa shape index (κ3) is 3.62. The average Bonchev–Trinajstić information content (AvgIpc) is 3.15. The highest BCUT2D eigenvalue weighted by molar-refractivity contribution is 8.00. The van der Waals surface area contributed by atoms with E-state index >= 15 is 0 Å². The molecule has 0 saturated carbocycles. The zero-order valence-electron chi connectivity index (χ0n) is 15.3. The lowest BCUT2D eigenvalue weighted by molar-refractivity contribution is -0.163. The molecule has 2 amide bonds. The molecular weight excluding hydrogens is 424 g/mol. The molecule has 0 aliphatic carbocycles. The number of hydrogen-bond donors (Lipinski definition) is 2. The number of carbonyl (C=O) groups is 5. The molecule has 0 aromatic carbocycles. The van der Waals surface area contributed by atoms with E-state index in [0.717, 1.165) is 28.0 Å². The van der Waals surface area contributed by atoms with Gasteiger partial charge in [-0.2, -0.15) is 0 Å². The van der Waals surface area contributed by atoms with Crippen molar-refractivity contribution in [2.75, 3.05) is 12.4 Å². The normalized spacial score (nSPS) is 23.2. The minimum atomic E-state index is -1.86. The lowest BCUT2D eigenvalue weighted by Crippen LogP contribution is -2.82. The topological polar surface area (TPSA) is 156 Å². The van der Waals surface area contributed by atoms with Gasteiger partial charge in [0.1, 0.15) is 28.2 Å². The molecule has 0 unspecified atom stereocenters. The molecule has 13 heteroatoms. The number of ether oxygens (including phenoxy) is 1. The van der Waals surface area contributed by atoms with Crippen molar-refractivity contribution in [2.45, 2.75) is 31.2 Å². The second kappa shape index (κ2) is 7.91. The van der Waals surface area contributed by atoms with Crippen LogP contribution in [0.3, 0.4) is 0 Å². The Morgan fingerprint density at radius 2 is 2.10 bits per heavy atom. The smallest absolute Gasteiger partial charge is 0.352 e. The van der Waals surface area contributed by atoms with E-state index in [-0.39, 0.29) is 30.1 Å². The number of thioether (sulfide) groups is 1. The number of fused-ring (bicyclic) bond motifs is 1. The van der Waals surface area contributed by atoms with Gasteiger partial charge in [-0.3, -0.25) is 24.1 Å². The van der Waals surface area contributed by atoms with Crippen LogP contribution in [-0.4, -0.2) is 73.0 Å². The molecular formula is C16H16N4O7S2. The van der Waals surface area contributed by atoms with Gasteiger partial charge in [-0.05, 0) is 6.92 Å². The number of nitrogens with zero attached hydrogens (tertiary/aromatic N) is 3. The third-order valence-corrected chi connectivity index (χ3v) is 6.51. The van der Waals surface area contributed by atoms with Gasteiger partial charge in [0.15, 0.2) is 5.78 Å². The zero-order chi connectivity index (χ0) is 21.3. The van der Waals surface area contributed by atoms with Gasteiger partial charge in [0.25, 0.3) is 5.91 Å². The Hall–Kier alpha value is -2.80. The maximum absolute atomic E-state index is 12.9. The van der Waals surface area contributed by atoms with E-state index in [0.29, 0.717) is 5.01 Å². The van der Waals surface area contributed by atoms with Crippen molar-refractivity contribution in [3.8, 4) is 0 Å². The molecule has 1 aromatic heterocycles. The molecule has 1 aromatic rings. The van der Waals surface area contributed by atoms with E-state index in [9.17, 15) is 29.1 Å². The summed E-state index contributed by atoms with van der Waals surface area (Å²) in [5.41, 5.74) is -0.513. The van der Waals surface area contributed by atoms with Crippen molar-refractivity contribution in [1.82, 2.24) is 20.4 Å². The fourth-order valence-corrected chi connectivity index (χ4v) is 5.15. The number of β-lactam (4-membered cyclic amide) rings is 1. The van der Waals surface area contributed by atoms with Crippen LogP contribution in [0.1, 0.15) is 18.9 Å². The zero-order valence-corrected chi connectivity index (χ0v) is 17.0. The fourth-order valence-electron chi connectivity index (χ4n) is 3.12. The quantitative estimate of drug-likeness (QED) is 0.317. The van der Waals surface area contributed by atoms with Crippen molar-refractivity contribution in [3.63, 3.8) is 0 Å². The van der Waals surface area contributed by atoms with Crippen LogP contribution >= 0.6 is 23.1 Å². The first-order chi connectivity index (χ1) is 13.7. The molecule has 2 aliphatic heterocycles. The molecule has 2 atom stereocenters. The summed E-state index contributed by atoms with van der Waals surface area (Å²) in [4.78, 5) is 61.5. The van der Waals surface area contributed by atoms with Crippen LogP contribution in [0.5, 0.6) is 0 Å². The van der Waals surface area contributed by atoms with Gasteiger partial charge in [-0.1, -0.05) is 0 Å². The highest BCUT2D eigenvalue weighted by atomic mass is 32.2. The van der Waals surface area contributed by atoms with Crippen molar-refractivity contribution in [2.24, 2.45) is 0 Å². The average molecular weight is 440 g/mol. The first-order valence-corrected chi connectivity index (χ1v) is 10.2. The Balaban J connectivity index is 1.87. The summed E-state index contributed by atoms with van der Waals surface area (Å²) in [6, 6.07) is 0. The maximum Gasteiger partial charge on any atom is 0.352 e. The Morgan fingerprint density at radius 3 is 2.66 bits per heavy atom. The van der Waals surface area contributed by atoms with Crippen molar-refractivity contribution in [3.05, 3.63) is 21.8 Å². The van der Waals surface area contributed by atoms with E-state index in [2.05, 4.69) is 15.5 Å². The molecule has 1 fully saturated rings. The molecule has 154 valence electrons. The summed E-state index contributed by atoms with van der Waals surface area (Å²) in [7, 11) is 0. The molecule has 3 rings (SSSR count). The minimum absolute atomic E-state index is 0.116. The predicted molar refractivity (Wildman–Crippen MR) is 99.6 cm³/mol. The van der Waals surface area contributed by atoms with Crippen molar-refractivity contribution < 1.29 is 33.8 Å². The lowest BCUT2D eigenvalue weighted by atomic mass is 9.82. The molecule has 0 spiro atoms. The van der Waals surface area contributed by atoms with Crippen LogP contribution < -0.4 is 5.32 Å². The van der Waals surface area contributed by atoms with Gasteiger partial charge >= 0.3 is 11.9 Å². The molecule has 2 aliphatic rings. The number of hydrogen-bond acceptors (Lipinski definition) is 10. The minimum Gasteiger partial charge on any atom is -0.477 e. The molecule has 0 radical (unpaired) electrons. The van der Waals surface area contributed by atoms with Crippen LogP contribution in [0.2, 0.25) is 0 Å². The first kappa shape index (κ1) is 20.9. The number of carboxylic acid groups (broad SMARTS) is 1. The van der Waals surface area contributed by atoms with Gasteiger partial charge in [0.2, 0.25) is 11.4 Å². The summed E-state index contributed by atoms with van der Waals surface area (Å²) >= 11 is 2.27. The second-order valence-corrected chi connectivity index (χ2v) is 8.28. The number of amides is 2. The van der Waals surface area contributed by atoms with Crippen LogP contribution in [0.15, 0.2) is 16.8 Å². The van der Waals surface area contributed by atoms with Crippen molar-refractivity contribution >= 4 is 52.6 Å². The standard InChI is InChI=1S/C16H16N4O7S2/c1-7(21)16(18-10(23)3-11-19-17-6-29-11)14(26)20-12(13(24)25)9(4-27-8(2)22)5-28-15(16)20/h6,15H,3-5H2,1-2H3,(H,18,23)(H,24,25)/t15-,16+/m1/s1. The third-order valence-electron chi connectivity index (χ3n) is 4.41. The molecule has 11 nitrogen and oxygen atoms in total. The Morgan fingerprint density at radius 1 is 1.38 bits per heavy atom.